The van der Waals surface area contributed by atoms with Crippen molar-refractivity contribution in [2.24, 2.45) is 0 Å². The van der Waals surface area contributed by atoms with Gasteiger partial charge in [-0.3, -0.25) is 14.9 Å². The highest BCUT2D eigenvalue weighted by Crippen LogP contribution is 2.25. The zero-order valence-electron chi connectivity index (χ0n) is 10.5. The van der Waals surface area contributed by atoms with Gasteiger partial charge in [0.1, 0.15) is 17.5 Å². The van der Waals surface area contributed by atoms with E-state index in [2.05, 4.69) is 5.32 Å². The first-order valence-corrected chi connectivity index (χ1v) is 5.67. The summed E-state index contributed by atoms with van der Waals surface area (Å²) < 4.78 is 1.38. The van der Waals surface area contributed by atoms with Crippen LogP contribution in [-0.2, 0) is 0 Å². The Bertz CT molecular complexity index is 727. The number of nitriles is 1. The van der Waals surface area contributed by atoms with Crippen molar-refractivity contribution in [2.75, 3.05) is 7.05 Å². The summed E-state index contributed by atoms with van der Waals surface area (Å²) in [6, 6.07) is 9.10. The molecule has 0 aliphatic heterocycles. The molecular weight excluding hydrogens is 260 g/mol. The van der Waals surface area contributed by atoms with Gasteiger partial charge in [0.2, 0.25) is 0 Å². The molecule has 0 spiro atoms. The van der Waals surface area contributed by atoms with Crippen molar-refractivity contribution in [2.45, 2.75) is 0 Å². The minimum atomic E-state index is -0.551. The second kappa shape index (κ2) is 5.24. The molecule has 0 saturated carbocycles. The SMILES string of the molecule is CNC(=O)c1ccc([N+](=O)[O-])c(-n2cccc2C#N)c1. The van der Waals surface area contributed by atoms with Crippen molar-refractivity contribution in [1.82, 2.24) is 9.88 Å². The average molecular weight is 270 g/mol. The van der Waals surface area contributed by atoms with Crippen LogP contribution in [0.25, 0.3) is 5.69 Å². The number of nitro benzene ring substituents is 1. The van der Waals surface area contributed by atoms with Gasteiger partial charge in [0.25, 0.3) is 11.6 Å². The van der Waals surface area contributed by atoms with E-state index in [1.807, 2.05) is 6.07 Å². The minimum absolute atomic E-state index is 0.176. The molecule has 0 radical (unpaired) electrons. The first-order chi connectivity index (χ1) is 9.58. The van der Waals surface area contributed by atoms with Crippen LogP contribution in [0.2, 0.25) is 0 Å². The molecular formula is C13H10N4O3. The Balaban J connectivity index is 2.68. The van der Waals surface area contributed by atoms with Crippen LogP contribution in [0.4, 0.5) is 5.69 Å². The van der Waals surface area contributed by atoms with Gasteiger partial charge in [-0.2, -0.15) is 5.26 Å². The molecule has 1 N–H and O–H groups in total. The lowest BCUT2D eigenvalue weighted by Gasteiger charge is -2.08. The van der Waals surface area contributed by atoms with Gasteiger partial charge in [0.15, 0.2) is 0 Å². The largest absolute Gasteiger partial charge is 0.355 e. The van der Waals surface area contributed by atoms with Crippen LogP contribution in [0.1, 0.15) is 16.1 Å². The molecule has 1 heterocycles. The van der Waals surface area contributed by atoms with Crippen LogP contribution < -0.4 is 5.32 Å². The maximum atomic E-state index is 11.6. The smallest absolute Gasteiger partial charge is 0.293 e. The van der Waals surface area contributed by atoms with Crippen molar-refractivity contribution in [3.8, 4) is 11.8 Å². The summed E-state index contributed by atoms with van der Waals surface area (Å²) >= 11 is 0. The van der Waals surface area contributed by atoms with Gasteiger partial charge in [-0.1, -0.05) is 0 Å². The number of rotatable bonds is 3. The summed E-state index contributed by atoms with van der Waals surface area (Å²) in [7, 11) is 1.47. The molecule has 0 atom stereocenters. The Morgan fingerprint density at radius 2 is 2.20 bits per heavy atom. The highest BCUT2D eigenvalue weighted by Gasteiger charge is 2.19. The fourth-order valence-corrected chi connectivity index (χ4v) is 1.84. The lowest BCUT2D eigenvalue weighted by atomic mass is 10.1. The topological polar surface area (TPSA) is 101 Å². The Morgan fingerprint density at radius 3 is 2.80 bits per heavy atom. The Morgan fingerprint density at radius 1 is 1.45 bits per heavy atom. The summed E-state index contributed by atoms with van der Waals surface area (Å²) in [5.74, 6) is -0.355. The summed E-state index contributed by atoms with van der Waals surface area (Å²) in [6.07, 6.45) is 1.54. The number of nitrogens with zero attached hydrogens (tertiary/aromatic N) is 3. The molecule has 0 aliphatic carbocycles. The van der Waals surface area contributed by atoms with E-state index in [9.17, 15) is 14.9 Å². The van der Waals surface area contributed by atoms with Gasteiger partial charge >= 0.3 is 0 Å². The third-order valence-corrected chi connectivity index (χ3v) is 2.78. The number of carbonyl (C=O) groups excluding carboxylic acids is 1. The molecule has 0 aliphatic rings. The first-order valence-electron chi connectivity index (χ1n) is 5.67. The highest BCUT2D eigenvalue weighted by atomic mass is 16.6. The summed E-state index contributed by atoms with van der Waals surface area (Å²) in [6.45, 7) is 0. The number of amides is 1. The molecule has 1 aromatic heterocycles. The van der Waals surface area contributed by atoms with Gasteiger partial charge in [-0.25, -0.2) is 0 Å². The maximum Gasteiger partial charge on any atom is 0.293 e. The van der Waals surface area contributed by atoms with Crippen molar-refractivity contribution in [1.29, 1.82) is 5.26 Å². The van der Waals surface area contributed by atoms with Crippen molar-refractivity contribution < 1.29 is 9.72 Å². The molecule has 20 heavy (non-hydrogen) atoms. The summed E-state index contributed by atoms with van der Waals surface area (Å²) in [5.41, 5.74) is 0.538. The molecule has 7 heteroatoms. The molecule has 0 bridgehead atoms. The standard InChI is InChI=1S/C13H10N4O3/c1-15-13(18)9-4-5-11(17(19)20)12(7-9)16-6-2-3-10(16)8-14/h2-7H,1H3,(H,15,18). The maximum absolute atomic E-state index is 11.6. The predicted molar refractivity (Wildman–Crippen MR) is 70.5 cm³/mol. The van der Waals surface area contributed by atoms with Crippen LogP contribution in [0.3, 0.4) is 0 Å². The third-order valence-electron chi connectivity index (χ3n) is 2.78. The Hall–Kier alpha value is -3.14. The van der Waals surface area contributed by atoms with Gasteiger partial charge in [-0.15, -0.1) is 0 Å². The van der Waals surface area contributed by atoms with Crippen LogP contribution in [0.5, 0.6) is 0 Å². The summed E-state index contributed by atoms with van der Waals surface area (Å²) in [5, 5.41) is 22.5. The number of nitro groups is 1. The fourth-order valence-electron chi connectivity index (χ4n) is 1.84. The van der Waals surface area contributed by atoms with Crippen LogP contribution in [0, 0.1) is 21.4 Å². The van der Waals surface area contributed by atoms with Crippen molar-refractivity contribution in [3.05, 3.63) is 57.9 Å². The van der Waals surface area contributed by atoms with E-state index in [-0.39, 0.29) is 28.5 Å². The van der Waals surface area contributed by atoms with E-state index in [1.165, 1.54) is 42.1 Å². The normalized spacial score (nSPS) is 9.80. The second-order valence-electron chi connectivity index (χ2n) is 3.91. The molecule has 100 valence electrons. The first kappa shape index (κ1) is 13.3. The van der Waals surface area contributed by atoms with Crippen molar-refractivity contribution >= 4 is 11.6 Å². The monoisotopic (exact) mass is 270 g/mol. The van der Waals surface area contributed by atoms with E-state index >= 15 is 0 Å². The molecule has 1 amide bonds. The third kappa shape index (κ3) is 2.22. The van der Waals surface area contributed by atoms with Gasteiger partial charge in [0.05, 0.1) is 4.92 Å². The number of hydrogen-bond acceptors (Lipinski definition) is 4. The van der Waals surface area contributed by atoms with E-state index in [0.29, 0.717) is 0 Å². The number of benzene rings is 1. The minimum Gasteiger partial charge on any atom is -0.355 e. The molecule has 0 fully saturated rings. The highest BCUT2D eigenvalue weighted by molar-refractivity contribution is 5.95. The lowest BCUT2D eigenvalue weighted by Crippen LogP contribution is -2.18. The Kier molecular flexibility index (Phi) is 3.48. The Labute approximate surface area is 114 Å². The van der Waals surface area contributed by atoms with Crippen LogP contribution in [-0.4, -0.2) is 22.4 Å². The second-order valence-corrected chi connectivity index (χ2v) is 3.91. The zero-order valence-corrected chi connectivity index (χ0v) is 10.5. The molecule has 7 nitrogen and oxygen atoms in total. The van der Waals surface area contributed by atoms with E-state index in [1.54, 1.807) is 6.07 Å². The number of aromatic nitrogens is 1. The quantitative estimate of drug-likeness (QED) is 0.676. The zero-order chi connectivity index (χ0) is 14.7. The number of carbonyl (C=O) groups is 1. The molecule has 0 unspecified atom stereocenters. The van der Waals surface area contributed by atoms with Crippen molar-refractivity contribution in [3.63, 3.8) is 0 Å². The molecule has 0 saturated heterocycles. The fraction of sp³-hybridized carbons (Fsp3) is 0.0769. The number of nitrogens with one attached hydrogen (secondary N) is 1. The predicted octanol–water partition coefficient (Wildman–Crippen LogP) is 1.62. The van der Waals surface area contributed by atoms with Crippen LogP contribution >= 0.6 is 0 Å². The van der Waals surface area contributed by atoms with Gasteiger partial charge < -0.3 is 9.88 Å². The van der Waals surface area contributed by atoms with E-state index in [0.717, 1.165) is 0 Å². The van der Waals surface area contributed by atoms with E-state index in [4.69, 9.17) is 5.26 Å². The van der Waals surface area contributed by atoms with Crippen LogP contribution in [0.15, 0.2) is 36.5 Å². The summed E-state index contributed by atoms with van der Waals surface area (Å²) in [4.78, 5) is 22.1. The number of hydrogen-bond donors (Lipinski definition) is 1. The lowest BCUT2D eigenvalue weighted by molar-refractivity contribution is -0.384. The average Bonchev–Trinajstić information content (AvgIpc) is 2.93. The molecule has 2 aromatic rings. The van der Waals surface area contributed by atoms with Gasteiger partial charge in [0, 0.05) is 24.9 Å². The van der Waals surface area contributed by atoms with Gasteiger partial charge in [-0.05, 0) is 24.3 Å². The molecule has 2 rings (SSSR count). The van der Waals surface area contributed by atoms with E-state index < -0.39 is 4.92 Å². The molecule has 1 aromatic carbocycles.